The molecule has 0 aliphatic carbocycles. The number of ketones is 1. The van der Waals surface area contributed by atoms with Crippen molar-refractivity contribution >= 4 is 11.4 Å². The Morgan fingerprint density at radius 3 is 1.33 bits per heavy atom. The Labute approximate surface area is 232 Å². The minimum Gasteiger partial charge on any atom is -0.481 e. The van der Waals surface area contributed by atoms with E-state index in [1.807, 2.05) is 6.92 Å². The maximum Gasteiger partial charge on any atom is 0.169 e. The lowest BCUT2D eigenvalue weighted by Gasteiger charge is -2.36. The molecule has 1 aliphatic heterocycles. The van der Waals surface area contributed by atoms with Crippen LogP contribution in [0.2, 0.25) is 0 Å². The summed E-state index contributed by atoms with van der Waals surface area (Å²) in [6.45, 7) is 12.0. The maximum atomic E-state index is 13.3. The zero-order valence-electron chi connectivity index (χ0n) is 23.7. The highest BCUT2D eigenvalue weighted by atomic mass is 16.5. The summed E-state index contributed by atoms with van der Waals surface area (Å²) in [7, 11) is 0. The highest BCUT2D eigenvalue weighted by Gasteiger charge is 2.52. The molecule has 0 saturated carbocycles. The molecular formula is C37H36O2. The standard InChI is InChI=1S/C37H36O2/c1-24-7-15-30(16-8-24)34(31-17-9-25(2)10-18-31)23-35-36(28(5)38)29(6)39-37(35,32-19-11-26(3)12-20-32)33-21-13-27(4)14-22-33/h7-23,35H,1-6H3. The van der Waals surface area contributed by atoms with Crippen LogP contribution in [0.15, 0.2) is 114 Å². The molecule has 1 atom stereocenters. The molecule has 4 aromatic carbocycles. The second-order valence-corrected chi connectivity index (χ2v) is 10.9. The van der Waals surface area contributed by atoms with Gasteiger partial charge in [0.25, 0.3) is 0 Å². The third-order valence-corrected chi connectivity index (χ3v) is 7.84. The van der Waals surface area contributed by atoms with Gasteiger partial charge in [-0.2, -0.15) is 0 Å². The normalized spacial score (nSPS) is 16.1. The van der Waals surface area contributed by atoms with Crippen LogP contribution < -0.4 is 0 Å². The van der Waals surface area contributed by atoms with Crippen molar-refractivity contribution in [1.82, 2.24) is 0 Å². The van der Waals surface area contributed by atoms with E-state index < -0.39 is 5.60 Å². The smallest absolute Gasteiger partial charge is 0.169 e. The van der Waals surface area contributed by atoms with Crippen molar-refractivity contribution < 1.29 is 9.53 Å². The van der Waals surface area contributed by atoms with Crippen LogP contribution in [-0.4, -0.2) is 5.78 Å². The predicted octanol–water partition coefficient (Wildman–Crippen LogP) is 8.81. The molecule has 39 heavy (non-hydrogen) atoms. The molecule has 1 aliphatic rings. The van der Waals surface area contributed by atoms with Gasteiger partial charge in [-0.3, -0.25) is 4.79 Å². The van der Waals surface area contributed by atoms with E-state index in [-0.39, 0.29) is 11.7 Å². The average molecular weight is 513 g/mol. The third-order valence-electron chi connectivity index (χ3n) is 7.84. The Balaban J connectivity index is 1.83. The topological polar surface area (TPSA) is 26.3 Å². The zero-order chi connectivity index (χ0) is 27.7. The van der Waals surface area contributed by atoms with Gasteiger partial charge in [-0.25, -0.2) is 0 Å². The van der Waals surface area contributed by atoms with Crippen molar-refractivity contribution in [1.29, 1.82) is 0 Å². The van der Waals surface area contributed by atoms with E-state index in [2.05, 4.69) is 131 Å². The summed E-state index contributed by atoms with van der Waals surface area (Å²) in [5.74, 6) is 0.372. The van der Waals surface area contributed by atoms with Gasteiger partial charge in [0.15, 0.2) is 11.4 Å². The highest BCUT2D eigenvalue weighted by Crippen LogP contribution is 2.53. The first-order valence-electron chi connectivity index (χ1n) is 13.6. The van der Waals surface area contributed by atoms with Crippen molar-refractivity contribution in [2.75, 3.05) is 0 Å². The molecule has 2 heteroatoms. The van der Waals surface area contributed by atoms with Crippen molar-refractivity contribution in [3.8, 4) is 0 Å². The van der Waals surface area contributed by atoms with Gasteiger partial charge in [0.1, 0.15) is 5.76 Å². The summed E-state index contributed by atoms with van der Waals surface area (Å²) < 4.78 is 6.91. The fraction of sp³-hybridized carbons (Fsp3) is 0.216. The molecule has 0 radical (unpaired) electrons. The average Bonchev–Trinajstić information content (AvgIpc) is 3.22. The minimum absolute atomic E-state index is 0.0296. The second-order valence-electron chi connectivity index (χ2n) is 10.9. The molecule has 2 nitrogen and oxygen atoms in total. The number of carbonyl (C=O) groups is 1. The van der Waals surface area contributed by atoms with Crippen LogP contribution in [0.1, 0.15) is 58.4 Å². The van der Waals surface area contributed by atoms with Gasteiger partial charge in [0, 0.05) is 16.7 Å². The molecule has 0 spiro atoms. The van der Waals surface area contributed by atoms with E-state index in [0.29, 0.717) is 11.3 Å². The lowest BCUT2D eigenvalue weighted by molar-refractivity contribution is -0.114. The lowest BCUT2D eigenvalue weighted by atomic mass is 9.71. The van der Waals surface area contributed by atoms with E-state index in [1.54, 1.807) is 6.92 Å². The number of carbonyl (C=O) groups excluding carboxylic acids is 1. The number of aryl methyl sites for hydroxylation is 4. The van der Waals surface area contributed by atoms with Gasteiger partial charge >= 0.3 is 0 Å². The molecule has 5 rings (SSSR count). The van der Waals surface area contributed by atoms with Crippen molar-refractivity contribution in [3.05, 3.63) is 159 Å². The lowest BCUT2D eigenvalue weighted by Crippen LogP contribution is -2.36. The molecule has 4 aromatic rings. The molecule has 1 unspecified atom stereocenters. The number of benzene rings is 4. The highest BCUT2D eigenvalue weighted by molar-refractivity contribution is 5.96. The third kappa shape index (κ3) is 5.00. The van der Waals surface area contributed by atoms with Gasteiger partial charge in [0.05, 0.1) is 5.92 Å². The largest absolute Gasteiger partial charge is 0.481 e. The molecule has 0 bridgehead atoms. The van der Waals surface area contributed by atoms with E-state index in [9.17, 15) is 4.79 Å². The molecule has 0 saturated heterocycles. The first kappa shape index (κ1) is 26.4. The number of hydrogen-bond donors (Lipinski definition) is 0. The molecule has 0 aromatic heterocycles. The van der Waals surface area contributed by atoms with Crippen LogP contribution in [0.3, 0.4) is 0 Å². The zero-order valence-corrected chi connectivity index (χ0v) is 23.7. The van der Waals surface area contributed by atoms with E-state index in [1.165, 1.54) is 22.3 Å². The van der Waals surface area contributed by atoms with Crippen LogP contribution >= 0.6 is 0 Å². The molecule has 0 amide bonds. The van der Waals surface area contributed by atoms with E-state index in [0.717, 1.165) is 27.8 Å². The summed E-state index contributed by atoms with van der Waals surface area (Å²) in [6, 6.07) is 34.3. The van der Waals surface area contributed by atoms with Crippen LogP contribution in [0.5, 0.6) is 0 Å². The number of allylic oxidation sites excluding steroid dienone is 1. The van der Waals surface area contributed by atoms with Gasteiger partial charge in [-0.15, -0.1) is 0 Å². The number of hydrogen-bond acceptors (Lipinski definition) is 2. The Morgan fingerprint density at radius 2 is 0.974 bits per heavy atom. The van der Waals surface area contributed by atoms with E-state index in [4.69, 9.17) is 4.74 Å². The SMILES string of the molecule is CC(=O)C1=C(C)OC(c2ccc(C)cc2)(c2ccc(C)cc2)C1C=C(c1ccc(C)cc1)c1ccc(C)cc1. The summed E-state index contributed by atoms with van der Waals surface area (Å²) in [4.78, 5) is 13.3. The van der Waals surface area contributed by atoms with Crippen LogP contribution in [0, 0.1) is 33.6 Å². The molecule has 1 heterocycles. The van der Waals surface area contributed by atoms with Gasteiger partial charge in [-0.05, 0) is 58.2 Å². The fourth-order valence-corrected chi connectivity index (χ4v) is 5.69. The van der Waals surface area contributed by atoms with Crippen LogP contribution in [0.25, 0.3) is 5.57 Å². The van der Waals surface area contributed by atoms with Crippen LogP contribution in [0.4, 0.5) is 0 Å². The Hall–Kier alpha value is -4.17. The molecule has 0 fully saturated rings. The maximum absolute atomic E-state index is 13.3. The Bertz CT molecular complexity index is 1460. The van der Waals surface area contributed by atoms with Gasteiger partial charge < -0.3 is 4.74 Å². The first-order chi connectivity index (χ1) is 18.7. The monoisotopic (exact) mass is 512 g/mol. The Kier molecular flexibility index (Phi) is 7.14. The fourth-order valence-electron chi connectivity index (χ4n) is 5.69. The van der Waals surface area contributed by atoms with Crippen molar-refractivity contribution in [3.63, 3.8) is 0 Å². The number of rotatable bonds is 6. The quantitative estimate of drug-likeness (QED) is 0.258. The predicted molar refractivity (Wildman–Crippen MR) is 161 cm³/mol. The molecule has 0 N–H and O–H groups in total. The van der Waals surface area contributed by atoms with Crippen molar-refractivity contribution in [2.24, 2.45) is 5.92 Å². The summed E-state index contributed by atoms with van der Waals surface area (Å²) in [6.07, 6.45) is 2.27. The first-order valence-corrected chi connectivity index (χ1v) is 13.6. The minimum atomic E-state index is -0.882. The van der Waals surface area contributed by atoms with Crippen LogP contribution in [-0.2, 0) is 15.1 Å². The summed E-state index contributed by atoms with van der Waals surface area (Å²) >= 11 is 0. The summed E-state index contributed by atoms with van der Waals surface area (Å²) in [5.41, 5.74) is 9.97. The van der Waals surface area contributed by atoms with Crippen molar-refractivity contribution in [2.45, 2.75) is 47.1 Å². The Morgan fingerprint density at radius 1 is 0.615 bits per heavy atom. The number of ether oxygens (including phenoxy) is 1. The molecular weight excluding hydrogens is 476 g/mol. The second kappa shape index (κ2) is 10.5. The van der Waals surface area contributed by atoms with Gasteiger partial charge in [0.2, 0.25) is 0 Å². The number of Topliss-reactive ketones (excluding diaryl/α,β-unsaturated/α-hetero) is 1. The summed E-state index contributed by atoms with van der Waals surface area (Å²) in [5, 5.41) is 0. The van der Waals surface area contributed by atoms with E-state index >= 15 is 0 Å². The molecule has 196 valence electrons. The van der Waals surface area contributed by atoms with Gasteiger partial charge in [-0.1, -0.05) is 125 Å².